The predicted octanol–water partition coefficient (Wildman–Crippen LogP) is 4.39. The molecule has 0 aliphatic carbocycles. The Bertz CT molecular complexity index is 1310. The van der Waals surface area contributed by atoms with E-state index in [0.717, 1.165) is 0 Å². The number of nitrogens with one attached hydrogen (secondary N) is 2. The van der Waals surface area contributed by atoms with Crippen LogP contribution in [0.4, 0.5) is 15.8 Å². The Morgan fingerprint density at radius 2 is 2.03 bits per heavy atom. The van der Waals surface area contributed by atoms with Gasteiger partial charge in [-0.05, 0) is 43.2 Å². The van der Waals surface area contributed by atoms with E-state index in [1.165, 1.54) is 25.5 Å². The minimum atomic E-state index is -0.618. The summed E-state index contributed by atoms with van der Waals surface area (Å²) in [6.07, 6.45) is 3.48. The number of carbonyl (C=O) groups is 2. The van der Waals surface area contributed by atoms with Crippen LogP contribution in [0.3, 0.4) is 0 Å². The average molecular weight is 450 g/mol. The molecule has 170 valence electrons. The van der Waals surface area contributed by atoms with Crippen molar-refractivity contribution in [2.45, 2.75) is 19.4 Å². The molecule has 3 aromatic heterocycles. The van der Waals surface area contributed by atoms with Gasteiger partial charge in [0.2, 0.25) is 0 Å². The number of ether oxygens (including phenoxy) is 1. The van der Waals surface area contributed by atoms with E-state index in [-0.39, 0.29) is 29.0 Å². The van der Waals surface area contributed by atoms with Crippen LogP contribution < -0.4 is 10.6 Å². The van der Waals surface area contributed by atoms with Gasteiger partial charge in [-0.3, -0.25) is 4.79 Å². The Kier molecular flexibility index (Phi) is 6.12. The second-order valence-corrected chi connectivity index (χ2v) is 7.64. The molecule has 0 saturated heterocycles. The highest BCUT2D eigenvalue weighted by atomic mass is 19.1. The fourth-order valence-corrected chi connectivity index (χ4v) is 3.76. The van der Waals surface area contributed by atoms with Gasteiger partial charge in [0, 0.05) is 18.5 Å². The second kappa shape index (κ2) is 9.15. The number of furan rings is 1. The fourth-order valence-electron chi connectivity index (χ4n) is 3.76. The molecule has 0 spiro atoms. The number of nitrogens with zero attached hydrogens (tertiary/aromatic N) is 2. The Labute approximate surface area is 189 Å². The van der Waals surface area contributed by atoms with E-state index in [1.807, 2.05) is 6.92 Å². The van der Waals surface area contributed by atoms with Crippen molar-refractivity contribution < 1.29 is 23.1 Å². The summed E-state index contributed by atoms with van der Waals surface area (Å²) in [6.45, 7) is 1.93. The summed E-state index contributed by atoms with van der Waals surface area (Å²) in [5, 5.41) is 6.59. The third-order valence-corrected chi connectivity index (χ3v) is 5.29. The summed E-state index contributed by atoms with van der Waals surface area (Å²) in [4.78, 5) is 29.6. The first-order valence-corrected chi connectivity index (χ1v) is 10.3. The standard InChI is InChI=1S/C24H23FN4O4/c1-14(11-15-7-4-5-8-18(15)25)27-16-12-17-20(28-23(30)19-9-6-10-33-19)21(24(31)32-3)29(2)22(17)26-13-16/h4-10,12-14,27H,11H2,1-3H3,(H,28,30). The van der Waals surface area contributed by atoms with Crippen LogP contribution in [0, 0.1) is 5.82 Å². The number of benzene rings is 1. The van der Waals surface area contributed by atoms with E-state index < -0.39 is 11.9 Å². The molecule has 0 bridgehead atoms. The van der Waals surface area contributed by atoms with Crippen molar-refractivity contribution in [3.63, 3.8) is 0 Å². The number of halogens is 1. The highest BCUT2D eigenvalue weighted by molar-refractivity contribution is 6.14. The molecule has 1 unspecified atom stereocenters. The monoisotopic (exact) mass is 450 g/mol. The Hall–Kier alpha value is -4.14. The molecule has 4 aromatic rings. The van der Waals surface area contributed by atoms with E-state index in [9.17, 15) is 14.0 Å². The van der Waals surface area contributed by atoms with Crippen LogP contribution in [-0.4, -0.2) is 34.6 Å². The van der Waals surface area contributed by atoms with Crippen molar-refractivity contribution in [2.75, 3.05) is 17.7 Å². The number of rotatable bonds is 7. The van der Waals surface area contributed by atoms with Crippen LogP contribution in [-0.2, 0) is 18.2 Å². The zero-order chi connectivity index (χ0) is 23.5. The largest absolute Gasteiger partial charge is 0.464 e. The minimum Gasteiger partial charge on any atom is -0.464 e. The Morgan fingerprint density at radius 1 is 1.24 bits per heavy atom. The van der Waals surface area contributed by atoms with E-state index in [4.69, 9.17) is 9.15 Å². The van der Waals surface area contributed by atoms with Gasteiger partial charge in [-0.2, -0.15) is 0 Å². The van der Waals surface area contributed by atoms with Crippen molar-refractivity contribution in [1.29, 1.82) is 0 Å². The van der Waals surface area contributed by atoms with Gasteiger partial charge >= 0.3 is 5.97 Å². The topological polar surface area (TPSA) is 98.4 Å². The molecule has 0 radical (unpaired) electrons. The first kappa shape index (κ1) is 22.1. The van der Waals surface area contributed by atoms with Crippen molar-refractivity contribution in [3.05, 3.63) is 77.8 Å². The minimum absolute atomic E-state index is 0.101. The maximum Gasteiger partial charge on any atom is 0.356 e. The quantitative estimate of drug-likeness (QED) is 0.405. The van der Waals surface area contributed by atoms with Crippen LogP contribution in [0.5, 0.6) is 0 Å². The van der Waals surface area contributed by atoms with Gasteiger partial charge < -0.3 is 24.4 Å². The van der Waals surface area contributed by atoms with Crippen molar-refractivity contribution in [1.82, 2.24) is 9.55 Å². The van der Waals surface area contributed by atoms with Gasteiger partial charge in [0.1, 0.15) is 11.5 Å². The number of hydrogen-bond donors (Lipinski definition) is 2. The molecule has 0 saturated carbocycles. The van der Waals surface area contributed by atoms with Crippen molar-refractivity contribution >= 4 is 34.3 Å². The Morgan fingerprint density at radius 3 is 2.73 bits per heavy atom. The zero-order valence-electron chi connectivity index (χ0n) is 18.4. The third-order valence-electron chi connectivity index (χ3n) is 5.29. The zero-order valence-corrected chi connectivity index (χ0v) is 18.4. The summed E-state index contributed by atoms with van der Waals surface area (Å²) in [5.74, 6) is -1.28. The summed E-state index contributed by atoms with van der Waals surface area (Å²) < 4.78 is 25.7. The van der Waals surface area contributed by atoms with Gasteiger partial charge in [-0.25, -0.2) is 14.2 Å². The summed E-state index contributed by atoms with van der Waals surface area (Å²) in [5.41, 5.74) is 2.15. The molecule has 33 heavy (non-hydrogen) atoms. The number of methoxy groups -OCH3 is 1. The van der Waals surface area contributed by atoms with E-state index >= 15 is 0 Å². The lowest BCUT2D eigenvalue weighted by Gasteiger charge is -2.16. The van der Waals surface area contributed by atoms with Gasteiger partial charge in [-0.15, -0.1) is 0 Å². The smallest absolute Gasteiger partial charge is 0.356 e. The number of pyridine rings is 1. The average Bonchev–Trinajstić information content (AvgIpc) is 3.42. The van der Waals surface area contributed by atoms with Gasteiger partial charge in [0.25, 0.3) is 5.91 Å². The van der Waals surface area contributed by atoms with Gasteiger partial charge in [-0.1, -0.05) is 18.2 Å². The molecule has 4 rings (SSSR count). The van der Waals surface area contributed by atoms with Crippen LogP contribution in [0.1, 0.15) is 33.5 Å². The number of carbonyl (C=O) groups excluding carboxylic acids is 2. The molecule has 0 aliphatic rings. The second-order valence-electron chi connectivity index (χ2n) is 7.64. The molecule has 1 amide bonds. The lowest BCUT2D eigenvalue weighted by Crippen LogP contribution is -2.19. The molecule has 3 heterocycles. The molecular formula is C24H23FN4O4. The van der Waals surface area contributed by atoms with Gasteiger partial charge in [0.15, 0.2) is 11.5 Å². The number of hydrogen-bond acceptors (Lipinski definition) is 6. The lowest BCUT2D eigenvalue weighted by molar-refractivity contribution is 0.0591. The molecule has 8 nitrogen and oxygen atoms in total. The maximum absolute atomic E-state index is 14.0. The van der Waals surface area contributed by atoms with E-state index in [2.05, 4.69) is 15.6 Å². The predicted molar refractivity (Wildman–Crippen MR) is 122 cm³/mol. The fraction of sp³-hybridized carbons (Fsp3) is 0.208. The van der Waals surface area contributed by atoms with E-state index in [0.29, 0.717) is 28.7 Å². The number of esters is 1. The van der Waals surface area contributed by atoms with Crippen LogP contribution in [0.2, 0.25) is 0 Å². The lowest BCUT2D eigenvalue weighted by atomic mass is 10.1. The van der Waals surface area contributed by atoms with Crippen LogP contribution in [0.25, 0.3) is 11.0 Å². The van der Waals surface area contributed by atoms with Crippen molar-refractivity contribution in [3.8, 4) is 0 Å². The number of aryl methyl sites for hydroxylation is 1. The molecule has 1 aromatic carbocycles. The molecular weight excluding hydrogens is 427 g/mol. The number of amides is 1. The highest BCUT2D eigenvalue weighted by Crippen LogP contribution is 2.32. The van der Waals surface area contributed by atoms with Crippen molar-refractivity contribution in [2.24, 2.45) is 7.05 Å². The normalized spacial score (nSPS) is 11.9. The molecule has 1 atom stereocenters. The SMILES string of the molecule is COC(=O)c1c(NC(=O)c2ccco2)c2cc(NC(C)Cc3ccccc3F)cnc2n1C. The number of fused-ring (bicyclic) bond motifs is 1. The Balaban J connectivity index is 1.68. The third kappa shape index (κ3) is 4.43. The van der Waals surface area contributed by atoms with Crippen LogP contribution >= 0.6 is 0 Å². The molecule has 0 fully saturated rings. The van der Waals surface area contributed by atoms with Crippen LogP contribution in [0.15, 0.2) is 59.3 Å². The first-order chi connectivity index (χ1) is 15.9. The summed E-state index contributed by atoms with van der Waals surface area (Å²) >= 11 is 0. The molecule has 0 aliphatic heterocycles. The molecule has 2 N–H and O–H groups in total. The van der Waals surface area contributed by atoms with Gasteiger partial charge in [0.05, 0.1) is 30.9 Å². The molecule has 9 heteroatoms. The summed E-state index contributed by atoms with van der Waals surface area (Å²) in [7, 11) is 2.93. The number of anilines is 2. The first-order valence-electron chi connectivity index (χ1n) is 10.3. The summed E-state index contributed by atoms with van der Waals surface area (Å²) in [6, 6.07) is 11.4. The maximum atomic E-state index is 14.0. The highest BCUT2D eigenvalue weighted by Gasteiger charge is 2.25. The van der Waals surface area contributed by atoms with E-state index in [1.54, 1.807) is 48.1 Å². The number of aromatic nitrogens is 2.